The van der Waals surface area contributed by atoms with Gasteiger partial charge in [-0.3, -0.25) is 24.5 Å². The molecule has 6 rings (SSSR count). The Morgan fingerprint density at radius 1 is 1.21 bits per heavy atom. The van der Waals surface area contributed by atoms with Crippen LogP contribution in [0.2, 0.25) is 0 Å². The van der Waals surface area contributed by atoms with Crippen LogP contribution in [0.5, 0.6) is 0 Å². The number of nitrogens with one attached hydrogen (secondary N) is 2. The molecule has 7 nitrogen and oxygen atoms in total. The van der Waals surface area contributed by atoms with E-state index in [-0.39, 0.29) is 17.5 Å². The molecule has 1 amide bonds. The third kappa shape index (κ3) is 4.37. The summed E-state index contributed by atoms with van der Waals surface area (Å²) in [7, 11) is 0. The molecule has 3 aromatic rings. The van der Waals surface area contributed by atoms with E-state index in [4.69, 9.17) is 0 Å². The summed E-state index contributed by atoms with van der Waals surface area (Å²) >= 11 is 0. The first kappa shape index (κ1) is 21.2. The number of nitrogens with zero attached hydrogens (tertiary/aromatic N) is 3. The predicted molar refractivity (Wildman–Crippen MR) is 127 cm³/mol. The highest BCUT2D eigenvalue weighted by Gasteiger charge is 2.39. The Kier molecular flexibility index (Phi) is 5.25. The molecule has 0 aromatic carbocycles. The van der Waals surface area contributed by atoms with Crippen molar-refractivity contribution < 1.29 is 9.18 Å². The van der Waals surface area contributed by atoms with Gasteiger partial charge in [0.25, 0.3) is 11.5 Å². The number of carbonyl (C=O) groups is 1. The predicted octanol–water partition coefficient (Wildman–Crippen LogP) is 3.33. The third-order valence-corrected chi connectivity index (χ3v) is 6.89. The Morgan fingerprint density at radius 2 is 2.06 bits per heavy atom. The molecular weight excluding hydrogens is 433 g/mol. The fraction of sp³-hybridized carbons (Fsp3) is 0.385. The number of hydrogen-bond donors (Lipinski definition) is 2. The minimum Gasteiger partial charge on any atom is -0.345 e. The lowest BCUT2D eigenvalue weighted by molar-refractivity contribution is 0.0942. The zero-order chi connectivity index (χ0) is 23.2. The minimum atomic E-state index is -0.925. The van der Waals surface area contributed by atoms with E-state index in [9.17, 15) is 14.0 Å². The summed E-state index contributed by atoms with van der Waals surface area (Å²) in [6, 6.07) is 7.21. The van der Waals surface area contributed by atoms with E-state index in [1.165, 1.54) is 5.57 Å². The zero-order valence-corrected chi connectivity index (χ0v) is 18.8. The van der Waals surface area contributed by atoms with Gasteiger partial charge >= 0.3 is 0 Å². The summed E-state index contributed by atoms with van der Waals surface area (Å²) in [5.74, 6) is 0.0778. The quantitative estimate of drug-likeness (QED) is 0.590. The summed E-state index contributed by atoms with van der Waals surface area (Å²) in [6.07, 6.45) is 8.33. The molecule has 34 heavy (non-hydrogen) atoms. The van der Waals surface area contributed by atoms with E-state index in [2.05, 4.69) is 31.2 Å². The van der Waals surface area contributed by atoms with Crippen LogP contribution in [0.3, 0.4) is 0 Å². The molecular formula is C26H26FN5O2. The number of rotatable bonds is 6. The SMILES string of the molecule is O=C(N[C@H]1C[C@H]1F)c1ccc(C2=CCN(Cc3cnc4cc(C5CC5)c(=O)[nH]c4c3)CC2)cn1. The summed E-state index contributed by atoms with van der Waals surface area (Å²) in [5.41, 5.74) is 6.10. The highest BCUT2D eigenvalue weighted by atomic mass is 19.1. The van der Waals surface area contributed by atoms with Gasteiger partial charge in [-0.05, 0) is 60.1 Å². The van der Waals surface area contributed by atoms with Gasteiger partial charge in [-0.1, -0.05) is 12.1 Å². The topological polar surface area (TPSA) is 91.0 Å². The van der Waals surface area contributed by atoms with E-state index in [1.807, 2.05) is 24.4 Å². The second kappa shape index (κ2) is 8.43. The van der Waals surface area contributed by atoms with Crippen LogP contribution < -0.4 is 10.9 Å². The van der Waals surface area contributed by atoms with Crippen molar-refractivity contribution in [2.75, 3.05) is 13.1 Å². The number of amides is 1. The highest BCUT2D eigenvalue weighted by molar-refractivity contribution is 5.93. The zero-order valence-electron chi connectivity index (χ0n) is 18.8. The molecule has 0 radical (unpaired) electrons. The molecule has 8 heteroatoms. The number of fused-ring (bicyclic) bond motifs is 1. The van der Waals surface area contributed by atoms with Crippen LogP contribution in [0.1, 0.15) is 58.8 Å². The first-order chi connectivity index (χ1) is 16.5. The largest absolute Gasteiger partial charge is 0.345 e. The van der Waals surface area contributed by atoms with Gasteiger partial charge < -0.3 is 10.3 Å². The molecule has 2 saturated carbocycles. The first-order valence-corrected chi connectivity index (χ1v) is 11.9. The van der Waals surface area contributed by atoms with Crippen molar-refractivity contribution in [2.24, 2.45) is 0 Å². The lowest BCUT2D eigenvalue weighted by Gasteiger charge is -2.26. The van der Waals surface area contributed by atoms with Gasteiger partial charge in [0.15, 0.2) is 0 Å². The van der Waals surface area contributed by atoms with Crippen molar-refractivity contribution in [3.8, 4) is 0 Å². The van der Waals surface area contributed by atoms with Gasteiger partial charge in [0.2, 0.25) is 0 Å². The van der Waals surface area contributed by atoms with Gasteiger partial charge in [-0.25, -0.2) is 4.39 Å². The monoisotopic (exact) mass is 459 g/mol. The molecule has 2 fully saturated rings. The fourth-order valence-electron chi connectivity index (χ4n) is 4.57. The van der Waals surface area contributed by atoms with E-state index in [1.54, 1.807) is 12.3 Å². The van der Waals surface area contributed by atoms with Crippen molar-refractivity contribution in [3.05, 3.63) is 75.5 Å². The van der Waals surface area contributed by atoms with Crippen molar-refractivity contribution >= 4 is 22.5 Å². The van der Waals surface area contributed by atoms with Gasteiger partial charge in [-0.2, -0.15) is 0 Å². The second-order valence-corrected chi connectivity index (χ2v) is 9.58. The number of halogens is 1. The standard InChI is InChI=1S/C26H26FN5O2/c27-20-11-22(20)30-26(34)21-4-3-18(13-29-21)16-5-7-32(8-6-16)14-15-9-24-23(28-12-15)10-19(17-1-2-17)25(33)31-24/h3-5,9-10,12-13,17,20,22H,1-2,6-8,11,14H2,(H,30,34)(H,31,33)/t20-,22+/m1/s1. The number of H-pyrrole nitrogens is 1. The molecule has 2 N–H and O–H groups in total. The van der Waals surface area contributed by atoms with Crippen LogP contribution in [-0.4, -0.2) is 51.1 Å². The van der Waals surface area contributed by atoms with Crippen LogP contribution in [0.15, 0.2) is 47.5 Å². The molecule has 0 spiro atoms. The van der Waals surface area contributed by atoms with E-state index in [0.29, 0.717) is 18.0 Å². The number of pyridine rings is 3. The molecule has 3 aliphatic rings. The van der Waals surface area contributed by atoms with E-state index >= 15 is 0 Å². The van der Waals surface area contributed by atoms with Crippen LogP contribution in [-0.2, 0) is 6.54 Å². The number of aromatic amines is 1. The Balaban J connectivity index is 1.09. The highest BCUT2D eigenvalue weighted by Crippen LogP contribution is 2.38. The van der Waals surface area contributed by atoms with Gasteiger partial charge in [0.05, 0.1) is 17.1 Å². The van der Waals surface area contributed by atoms with Crippen molar-refractivity contribution in [3.63, 3.8) is 0 Å². The summed E-state index contributed by atoms with van der Waals surface area (Å²) in [6.45, 7) is 2.45. The second-order valence-electron chi connectivity index (χ2n) is 9.58. The third-order valence-electron chi connectivity index (χ3n) is 6.89. The number of hydrogen-bond acceptors (Lipinski definition) is 5. The molecule has 174 valence electrons. The molecule has 0 unspecified atom stereocenters. The lowest BCUT2D eigenvalue weighted by atomic mass is 10.0. The average Bonchev–Trinajstić information content (AvgIpc) is 3.78. The number of carbonyl (C=O) groups excluding carboxylic acids is 1. The normalized spacial score (nSPS) is 22.4. The summed E-state index contributed by atoms with van der Waals surface area (Å²) in [4.78, 5) is 38.7. The average molecular weight is 460 g/mol. The summed E-state index contributed by atoms with van der Waals surface area (Å²) < 4.78 is 13.0. The van der Waals surface area contributed by atoms with Crippen molar-refractivity contribution in [2.45, 2.75) is 50.4 Å². The maximum absolute atomic E-state index is 13.0. The van der Waals surface area contributed by atoms with Gasteiger partial charge in [-0.15, -0.1) is 0 Å². The smallest absolute Gasteiger partial charge is 0.270 e. The molecule has 0 saturated heterocycles. The van der Waals surface area contributed by atoms with E-state index < -0.39 is 6.17 Å². The van der Waals surface area contributed by atoms with Crippen molar-refractivity contribution in [1.29, 1.82) is 0 Å². The number of aromatic nitrogens is 3. The Morgan fingerprint density at radius 3 is 2.74 bits per heavy atom. The molecule has 4 heterocycles. The molecule has 3 aromatic heterocycles. The maximum atomic E-state index is 13.0. The Hall–Kier alpha value is -3.39. The van der Waals surface area contributed by atoms with E-state index in [0.717, 1.165) is 66.6 Å². The maximum Gasteiger partial charge on any atom is 0.270 e. The van der Waals surface area contributed by atoms with Crippen LogP contribution in [0.4, 0.5) is 4.39 Å². The van der Waals surface area contributed by atoms with Gasteiger partial charge in [0.1, 0.15) is 11.9 Å². The molecule has 2 aliphatic carbocycles. The van der Waals surface area contributed by atoms with Crippen LogP contribution in [0, 0.1) is 0 Å². The van der Waals surface area contributed by atoms with Crippen LogP contribution >= 0.6 is 0 Å². The van der Waals surface area contributed by atoms with Crippen molar-refractivity contribution in [1.82, 2.24) is 25.2 Å². The van der Waals surface area contributed by atoms with Crippen LogP contribution in [0.25, 0.3) is 16.6 Å². The lowest BCUT2D eigenvalue weighted by Crippen LogP contribution is -2.28. The fourth-order valence-corrected chi connectivity index (χ4v) is 4.57. The number of alkyl halides is 1. The Bertz CT molecular complexity index is 1350. The summed E-state index contributed by atoms with van der Waals surface area (Å²) in [5, 5.41) is 2.65. The minimum absolute atomic E-state index is 0.00996. The molecule has 1 aliphatic heterocycles. The van der Waals surface area contributed by atoms with Gasteiger partial charge in [0, 0.05) is 44.0 Å². The Labute approximate surface area is 196 Å². The molecule has 0 bridgehead atoms. The first-order valence-electron chi connectivity index (χ1n) is 11.9. The molecule has 2 atom stereocenters.